The molecule has 1 atom stereocenters. The predicted molar refractivity (Wildman–Crippen MR) is 44.9 cm³/mol. The Morgan fingerprint density at radius 1 is 1.50 bits per heavy atom. The number of halogens is 1. The maximum absolute atomic E-state index is 12.5. The first kappa shape index (κ1) is 7.61. The predicted octanol–water partition coefficient (Wildman–Crippen LogP) is 2.65. The van der Waals surface area contributed by atoms with Gasteiger partial charge in [-0.05, 0) is 19.1 Å². The maximum atomic E-state index is 12.5. The molecule has 1 rings (SSSR count). The van der Waals surface area contributed by atoms with Gasteiger partial charge in [0, 0.05) is 4.75 Å². The van der Waals surface area contributed by atoms with E-state index in [2.05, 4.69) is 12.6 Å². The van der Waals surface area contributed by atoms with Crippen molar-refractivity contribution >= 4 is 12.6 Å². The highest BCUT2D eigenvalue weighted by Gasteiger charge is 2.10. The summed E-state index contributed by atoms with van der Waals surface area (Å²) in [7, 11) is 0. The fourth-order valence-corrected chi connectivity index (χ4v) is 0.855. The van der Waals surface area contributed by atoms with Gasteiger partial charge in [-0.3, -0.25) is 0 Å². The molecule has 1 aliphatic carbocycles. The molecule has 10 heavy (non-hydrogen) atoms. The zero-order valence-corrected chi connectivity index (χ0v) is 6.61. The highest BCUT2D eigenvalue weighted by Crippen LogP contribution is 2.20. The summed E-state index contributed by atoms with van der Waals surface area (Å²) in [5, 5.41) is 0. The lowest BCUT2D eigenvalue weighted by Crippen LogP contribution is -2.06. The van der Waals surface area contributed by atoms with Gasteiger partial charge < -0.3 is 0 Å². The Hall–Kier alpha value is -0.500. The van der Waals surface area contributed by atoms with Crippen LogP contribution >= 0.6 is 12.6 Å². The van der Waals surface area contributed by atoms with E-state index in [0.717, 1.165) is 0 Å². The number of hydrogen-bond acceptors (Lipinski definition) is 1. The molecule has 0 radical (unpaired) electrons. The molecule has 0 amide bonds. The van der Waals surface area contributed by atoms with Gasteiger partial charge in [-0.1, -0.05) is 18.2 Å². The van der Waals surface area contributed by atoms with Crippen LogP contribution in [0.5, 0.6) is 0 Å². The molecule has 0 saturated heterocycles. The first-order chi connectivity index (χ1) is 4.60. The molecule has 1 unspecified atom stereocenters. The van der Waals surface area contributed by atoms with Crippen LogP contribution < -0.4 is 0 Å². The number of rotatable bonds is 0. The van der Waals surface area contributed by atoms with E-state index in [-0.39, 0.29) is 10.6 Å². The average Bonchev–Trinajstić information content (AvgIpc) is 1.94. The third kappa shape index (κ3) is 2.03. The van der Waals surface area contributed by atoms with Crippen molar-refractivity contribution in [3.8, 4) is 0 Å². The lowest BCUT2D eigenvalue weighted by atomic mass is 10.1. The Morgan fingerprint density at radius 3 is 2.90 bits per heavy atom. The average molecular weight is 156 g/mol. The highest BCUT2D eigenvalue weighted by atomic mass is 32.1. The molecule has 0 nitrogen and oxygen atoms in total. The molecule has 0 spiro atoms. The summed E-state index contributed by atoms with van der Waals surface area (Å²) >= 11 is 4.25. The number of hydrogen-bond donors (Lipinski definition) is 1. The smallest absolute Gasteiger partial charge is 0.122 e. The van der Waals surface area contributed by atoms with Crippen LogP contribution in [-0.4, -0.2) is 4.75 Å². The van der Waals surface area contributed by atoms with Crippen LogP contribution in [-0.2, 0) is 0 Å². The van der Waals surface area contributed by atoms with Gasteiger partial charge in [-0.25, -0.2) is 4.39 Å². The van der Waals surface area contributed by atoms with Crippen LogP contribution in [0, 0.1) is 0 Å². The normalized spacial score (nSPS) is 31.7. The molecule has 1 aliphatic rings. The first-order valence-corrected chi connectivity index (χ1v) is 3.51. The summed E-state index contributed by atoms with van der Waals surface area (Å²) in [6.45, 7) is 1.90. The van der Waals surface area contributed by atoms with Crippen molar-refractivity contribution in [1.82, 2.24) is 0 Å². The van der Waals surface area contributed by atoms with Gasteiger partial charge >= 0.3 is 0 Å². The molecule has 0 aromatic carbocycles. The molecule has 2 heteroatoms. The molecule has 54 valence electrons. The second-order valence-electron chi connectivity index (χ2n) is 2.47. The van der Waals surface area contributed by atoms with Crippen LogP contribution in [0.3, 0.4) is 0 Å². The van der Waals surface area contributed by atoms with Crippen molar-refractivity contribution in [3.63, 3.8) is 0 Å². The molecule has 0 heterocycles. The minimum absolute atomic E-state index is 0.228. The van der Waals surface area contributed by atoms with Crippen molar-refractivity contribution in [2.75, 3.05) is 0 Å². The largest absolute Gasteiger partial charge is 0.207 e. The minimum atomic E-state index is -0.315. The van der Waals surface area contributed by atoms with E-state index in [1.807, 2.05) is 13.0 Å². The second kappa shape index (κ2) is 2.62. The zero-order valence-electron chi connectivity index (χ0n) is 5.71. The van der Waals surface area contributed by atoms with Gasteiger partial charge in [-0.15, -0.1) is 0 Å². The number of allylic oxidation sites excluding steroid dienone is 4. The third-order valence-electron chi connectivity index (χ3n) is 1.27. The van der Waals surface area contributed by atoms with Gasteiger partial charge in [0.05, 0.1) is 0 Å². The summed E-state index contributed by atoms with van der Waals surface area (Å²) in [4.78, 5) is 0. The standard InChI is InChI=1S/C8H9FS/c1-8(10)5-2-3-7(9)4-6-8/h2-6,10H,1H3. The third-order valence-corrected chi connectivity index (χ3v) is 1.57. The van der Waals surface area contributed by atoms with Crippen LogP contribution in [0.4, 0.5) is 4.39 Å². The fraction of sp³-hybridized carbons (Fsp3) is 0.250. The second-order valence-corrected chi connectivity index (χ2v) is 3.43. The first-order valence-electron chi connectivity index (χ1n) is 3.07. The summed E-state index contributed by atoms with van der Waals surface area (Å²) < 4.78 is 12.2. The molecular weight excluding hydrogens is 147 g/mol. The molecule has 0 aliphatic heterocycles. The Morgan fingerprint density at radius 2 is 2.20 bits per heavy atom. The molecule has 0 bridgehead atoms. The topological polar surface area (TPSA) is 0 Å². The molecule has 0 saturated carbocycles. The van der Waals surface area contributed by atoms with Crippen LogP contribution in [0.1, 0.15) is 6.92 Å². The molecule has 0 aromatic heterocycles. The Balaban J connectivity index is 2.88. The monoisotopic (exact) mass is 156 g/mol. The Labute approximate surface area is 65.5 Å². The van der Waals surface area contributed by atoms with Gasteiger partial charge in [0.25, 0.3) is 0 Å². The van der Waals surface area contributed by atoms with Gasteiger partial charge in [0.1, 0.15) is 5.83 Å². The molecular formula is C8H9FS. The summed E-state index contributed by atoms with van der Waals surface area (Å²) in [6.07, 6.45) is 8.05. The van der Waals surface area contributed by atoms with Crippen molar-refractivity contribution in [2.24, 2.45) is 0 Å². The lowest BCUT2D eigenvalue weighted by Gasteiger charge is -2.10. The maximum Gasteiger partial charge on any atom is 0.122 e. The van der Waals surface area contributed by atoms with Crippen molar-refractivity contribution in [2.45, 2.75) is 11.7 Å². The SMILES string of the molecule is CC1(S)C=CC=C(F)C=C1. The van der Waals surface area contributed by atoms with Crippen molar-refractivity contribution in [1.29, 1.82) is 0 Å². The van der Waals surface area contributed by atoms with Crippen LogP contribution in [0.15, 0.2) is 36.2 Å². The summed E-state index contributed by atoms with van der Waals surface area (Å²) in [5.41, 5.74) is 0. The summed E-state index contributed by atoms with van der Waals surface area (Å²) in [6, 6.07) is 0. The van der Waals surface area contributed by atoms with Gasteiger partial charge in [0.15, 0.2) is 0 Å². The van der Waals surface area contributed by atoms with Gasteiger partial charge in [0.2, 0.25) is 0 Å². The fourth-order valence-electron chi connectivity index (χ4n) is 0.694. The quantitative estimate of drug-likeness (QED) is 0.512. The van der Waals surface area contributed by atoms with E-state index in [0.29, 0.717) is 0 Å². The van der Waals surface area contributed by atoms with E-state index >= 15 is 0 Å². The highest BCUT2D eigenvalue weighted by molar-refractivity contribution is 7.82. The molecule has 0 aromatic rings. The van der Waals surface area contributed by atoms with E-state index in [1.54, 1.807) is 12.2 Å². The molecule has 0 fully saturated rings. The van der Waals surface area contributed by atoms with E-state index in [4.69, 9.17) is 0 Å². The molecule has 0 N–H and O–H groups in total. The Kier molecular flexibility index (Phi) is 2.00. The van der Waals surface area contributed by atoms with E-state index in [9.17, 15) is 4.39 Å². The lowest BCUT2D eigenvalue weighted by molar-refractivity contribution is 0.667. The summed E-state index contributed by atoms with van der Waals surface area (Å²) in [5.74, 6) is -0.228. The van der Waals surface area contributed by atoms with Crippen molar-refractivity contribution in [3.05, 3.63) is 36.2 Å². The van der Waals surface area contributed by atoms with E-state index in [1.165, 1.54) is 12.2 Å². The zero-order chi connectivity index (χ0) is 7.61. The Bertz CT molecular complexity index is 211. The van der Waals surface area contributed by atoms with Crippen LogP contribution in [0.25, 0.3) is 0 Å². The van der Waals surface area contributed by atoms with E-state index < -0.39 is 0 Å². The van der Waals surface area contributed by atoms with Crippen LogP contribution in [0.2, 0.25) is 0 Å². The van der Waals surface area contributed by atoms with Crippen molar-refractivity contribution < 1.29 is 4.39 Å². The van der Waals surface area contributed by atoms with Gasteiger partial charge in [-0.2, -0.15) is 12.6 Å². The number of thiol groups is 1. The minimum Gasteiger partial charge on any atom is -0.207 e.